The molecule has 2 rings (SSSR count). The van der Waals surface area contributed by atoms with Crippen LogP contribution in [0, 0.1) is 10.1 Å². The average Bonchev–Trinajstić information content (AvgIpc) is 2.35. The zero-order valence-corrected chi connectivity index (χ0v) is 12.8. The highest BCUT2D eigenvalue weighted by molar-refractivity contribution is 8.17. The van der Waals surface area contributed by atoms with Crippen molar-refractivity contribution in [1.82, 2.24) is 4.90 Å². The maximum absolute atomic E-state index is 10.6. The van der Waals surface area contributed by atoms with Crippen molar-refractivity contribution >= 4 is 28.3 Å². The highest BCUT2D eigenvalue weighted by Gasteiger charge is 2.29. The minimum atomic E-state index is -0.408. The Bertz CT molecular complexity index is 591. The molecule has 5 nitrogen and oxygen atoms in total. The molecule has 0 bridgehead atoms. The van der Waals surface area contributed by atoms with Crippen LogP contribution < -0.4 is 0 Å². The largest absolute Gasteiger partial charge is 0.345 e. The fourth-order valence-corrected chi connectivity index (χ4v) is 3.10. The lowest BCUT2D eigenvalue weighted by Crippen LogP contribution is -2.44. The molecule has 0 amide bonds. The normalized spacial score (nSPS) is 19.9. The van der Waals surface area contributed by atoms with Crippen molar-refractivity contribution in [2.24, 2.45) is 4.99 Å². The Kier molecular flexibility index (Phi) is 3.85. The first-order valence-electron chi connectivity index (χ1n) is 6.24. The van der Waals surface area contributed by atoms with Crippen LogP contribution in [0.2, 0.25) is 0 Å². The summed E-state index contributed by atoms with van der Waals surface area (Å²) in [5.74, 6) is 0. The number of thioether (sulfide) groups is 1. The molecule has 6 heteroatoms. The van der Waals surface area contributed by atoms with Crippen LogP contribution in [0.4, 0.5) is 11.4 Å². The molecule has 0 aromatic heterocycles. The van der Waals surface area contributed by atoms with Crippen LogP contribution in [0.15, 0.2) is 40.2 Å². The lowest BCUT2D eigenvalue weighted by molar-refractivity contribution is -0.384. The fourth-order valence-electron chi connectivity index (χ4n) is 1.94. The molecular formula is C14H17N3O2S. The molecular weight excluding hydrogens is 274 g/mol. The van der Waals surface area contributed by atoms with E-state index in [1.54, 1.807) is 23.9 Å². The van der Waals surface area contributed by atoms with Crippen LogP contribution in [0.3, 0.4) is 0 Å². The van der Waals surface area contributed by atoms with Gasteiger partial charge in [-0.05, 0) is 43.9 Å². The van der Waals surface area contributed by atoms with E-state index in [0.717, 1.165) is 10.9 Å². The zero-order chi connectivity index (χ0) is 14.9. The molecule has 0 aliphatic carbocycles. The number of hydrogen-bond acceptors (Lipinski definition) is 4. The van der Waals surface area contributed by atoms with E-state index in [2.05, 4.69) is 36.7 Å². The van der Waals surface area contributed by atoms with Gasteiger partial charge in [0.1, 0.15) is 0 Å². The molecule has 20 heavy (non-hydrogen) atoms. The molecule has 1 aromatic rings. The average molecular weight is 291 g/mol. The lowest BCUT2D eigenvalue weighted by Gasteiger charge is -2.39. The molecule has 1 aliphatic heterocycles. The summed E-state index contributed by atoms with van der Waals surface area (Å²) in [7, 11) is 2.00. The number of non-ortho nitro benzene ring substituents is 1. The summed E-state index contributed by atoms with van der Waals surface area (Å²) in [6.45, 7) is 6.31. The molecule has 0 N–H and O–H groups in total. The van der Waals surface area contributed by atoms with E-state index in [9.17, 15) is 10.1 Å². The van der Waals surface area contributed by atoms with E-state index in [1.807, 2.05) is 7.05 Å². The molecule has 0 spiro atoms. The Morgan fingerprint density at radius 2 is 1.90 bits per heavy atom. The quantitative estimate of drug-likeness (QED) is 0.611. The second kappa shape index (κ2) is 5.28. The minimum Gasteiger partial charge on any atom is -0.345 e. The Hall–Kier alpha value is -1.82. The number of benzene rings is 1. The van der Waals surface area contributed by atoms with Gasteiger partial charge in [-0.25, -0.2) is 4.99 Å². The van der Waals surface area contributed by atoms with Gasteiger partial charge in [-0.15, -0.1) is 0 Å². The first kappa shape index (κ1) is 14.6. The van der Waals surface area contributed by atoms with Crippen LogP contribution in [-0.2, 0) is 0 Å². The van der Waals surface area contributed by atoms with Gasteiger partial charge in [0.05, 0.1) is 16.1 Å². The number of likely N-dealkylation sites (N-methyl/N-ethyl adjacent to an activating group) is 1. The maximum Gasteiger partial charge on any atom is 0.269 e. The predicted molar refractivity (Wildman–Crippen MR) is 83.4 cm³/mol. The Balaban J connectivity index is 2.31. The van der Waals surface area contributed by atoms with Gasteiger partial charge in [0.25, 0.3) is 5.69 Å². The summed E-state index contributed by atoms with van der Waals surface area (Å²) in [5, 5.41) is 11.5. The van der Waals surface area contributed by atoms with E-state index in [4.69, 9.17) is 0 Å². The molecule has 106 valence electrons. The van der Waals surface area contributed by atoms with Gasteiger partial charge in [-0.2, -0.15) is 0 Å². The topological polar surface area (TPSA) is 58.7 Å². The second-order valence-corrected chi connectivity index (χ2v) is 6.45. The highest BCUT2D eigenvalue weighted by atomic mass is 32.2. The molecule has 1 heterocycles. The Labute approximate surface area is 122 Å². The first-order valence-corrected chi connectivity index (χ1v) is 7.05. The monoisotopic (exact) mass is 291 g/mol. The number of amidine groups is 1. The third-order valence-corrected chi connectivity index (χ3v) is 4.23. The molecule has 1 aromatic carbocycles. The van der Waals surface area contributed by atoms with Crippen LogP contribution in [0.5, 0.6) is 0 Å². The predicted octanol–water partition coefficient (Wildman–Crippen LogP) is 3.94. The molecule has 0 radical (unpaired) electrons. The molecule has 0 saturated carbocycles. The van der Waals surface area contributed by atoms with Gasteiger partial charge < -0.3 is 4.90 Å². The standard InChI is InChI=1S/C14H17N3O2S/c1-10-9-14(2,3)16(4)13(20-10)15-11-5-7-12(8-6-11)17(18)19/h5-9H,1-4H3. The highest BCUT2D eigenvalue weighted by Crippen LogP contribution is 2.34. The number of rotatable bonds is 2. The van der Waals surface area contributed by atoms with Gasteiger partial charge >= 0.3 is 0 Å². The van der Waals surface area contributed by atoms with Crippen molar-refractivity contribution in [3.63, 3.8) is 0 Å². The fraction of sp³-hybridized carbons (Fsp3) is 0.357. The van der Waals surface area contributed by atoms with E-state index < -0.39 is 4.92 Å². The Morgan fingerprint density at radius 3 is 2.45 bits per heavy atom. The number of allylic oxidation sites excluding steroid dienone is 1. The Morgan fingerprint density at radius 1 is 1.30 bits per heavy atom. The van der Waals surface area contributed by atoms with E-state index in [-0.39, 0.29) is 11.2 Å². The first-order chi connectivity index (χ1) is 9.29. The smallest absolute Gasteiger partial charge is 0.269 e. The number of nitro groups is 1. The number of hydrogen-bond donors (Lipinski definition) is 0. The minimum absolute atomic E-state index is 0.0787. The van der Waals surface area contributed by atoms with E-state index in [1.165, 1.54) is 17.0 Å². The SMILES string of the molecule is CC1=CC(C)(C)N(C)C(=Nc2ccc([N+](=O)[O-])cc2)S1. The van der Waals surface area contributed by atoms with Gasteiger partial charge in [0.15, 0.2) is 5.17 Å². The molecule has 0 fully saturated rings. The van der Waals surface area contributed by atoms with Gasteiger partial charge in [-0.1, -0.05) is 11.8 Å². The van der Waals surface area contributed by atoms with Crippen molar-refractivity contribution in [3.05, 3.63) is 45.4 Å². The third kappa shape index (κ3) is 3.01. The number of nitrogens with zero attached hydrogens (tertiary/aromatic N) is 3. The summed E-state index contributed by atoms with van der Waals surface area (Å²) in [6.07, 6.45) is 2.20. The van der Waals surface area contributed by atoms with Gasteiger partial charge in [-0.3, -0.25) is 10.1 Å². The second-order valence-electron chi connectivity index (χ2n) is 5.24. The van der Waals surface area contributed by atoms with Crippen molar-refractivity contribution in [1.29, 1.82) is 0 Å². The number of nitro benzene ring substituents is 1. The van der Waals surface area contributed by atoms with Gasteiger partial charge in [0.2, 0.25) is 0 Å². The van der Waals surface area contributed by atoms with Crippen LogP contribution >= 0.6 is 11.8 Å². The van der Waals surface area contributed by atoms with Crippen molar-refractivity contribution in [2.45, 2.75) is 26.3 Å². The van der Waals surface area contributed by atoms with Crippen LogP contribution in [-0.4, -0.2) is 27.6 Å². The molecule has 1 aliphatic rings. The molecule has 0 saturated heterocycles. The summed E-state index contributed by atoms with van der Waals surface area (Å²) in [4.78, 5) is 18.1. The molecule has 0 atom stereocenters. The number of aliphatic imine (C=N–C) groups is 1. The van der Waals surface area contributed by atoms with Crippen molar-refractivity contribution in [3.8, 4) is 0 Å². The van der Waals surface area contributed by atoms with E-state index in [0.29, 0.717) is 0 Å². The van der Waals surface area contributed by atoms with Crippen molar-refractivity contribution in [2.75, 3.05) is 7.05 Å². The van der Waals surface area contributed by atoms with E-state index >= 15 is 0 Å². The van der Waals surface area contributed by atoms with Gasteiger partial charge in [0, 0.05) is 19.2 Å². The maximum atomic E-state index is 10.6. The molecule has 0 unspecified atom stereocenters. The van der Waals surface area contributed by atoms with Crippen LogP contribution in [0.1, 0.15) is 20.8 Å². The zero-order valence-electron chi connectivity index (χ0n) is 12.0. The third-order valence-electron chi connectivity index (χ3n) is 3.25. The summed E-state index contributed by atoms with van der Waals surface area (Å²) in [5.41, 5.74) is 0.708. The summed E-state index contributed by atoms with van der Waals surface area (Å²) in [6, 6.07) is 6.28. The lowest BCUT2D eigenvalue weighted by atomic mass is 10.0. The summed E-state index contributed by atoms with van der Waals surface area (Å²) < 4.78 is 0. The van der Waals surface area contributed by atoms with Crippen LogP contribution in [0.25, 0.3) is 0 Å². The van der Waals surface area contributed by atoms with Crippen molar-refractivity contribution < 1.29 is 4.92 Å². The summed E-state index contributed by atoms with van der Waals surface area (Å²) >= 11 is 1.61.